The lowest BCUT2D eigenvalue weighted by Gasteiger charge is -2.13. The summed E-state index contributed by atoms with van der Waals surface area (Å²) in [6, 6.07) is 2.76. The van der Waals surface area contributed by atoms with Crippen molar-refractivity contribution in [2.75, 3.05) is 6.54 Å². The summed E-state index contributed by atoms with van der Waals surface area (Å²) in [5, 5.41) is 2.36. The number of nitrogens with one attached hydrogen (secondary N) is 1. The summed E-state index contributed by atoms with van der Waals surface area (Å²) in [7, 11) is 0. The highest BCUT2D eigenvalue weighted by Crippen LogP contribution is 2.26. The molecule has 0 aromatic carbocycles. The molecule has 0 spiro atoms. The van der Waals surface area contributed by atoms with E-state index in [9.17, 15) is 18.4 Å². The topological polar surface area (TPSA) is 68.3 Å². The standard InChI is InChI=1S/C12H14F2N2O3S/c1-3-15-9(17)7(2)19-11(18)8-5-4-6-16-10(8)20-12(13)14/h4-7,12H,3H2,1-2H3,(H,15,17)/t7-/m0/s1. The number of esters is 1. The molecule has 0 bridgehead atoms. The van der Waals surface area contributed by atoms with E-state index in [1.807, 2.05) is 0 Å². The summed E-state index contributed by atoms with van der Waals surface area (Å²) in [6.07, 6.45) is 0.293. The molecule has 20 heavy (non-hydrogen) atoms. The smallest absolute Gasteiger partial charge is 0.341 e. The zero-order valence-electron chi connectivity index (χ0n) is 10.9. The van der Waals surface area contributed by atoms with Crippen molar-refractivity contribution >= 4 is 23.6 Å². The van der Waals surface area contributed by atoms with Crippen molar-refractivity contribution in [3.05, 3.63) is 23.9 Å². The zero-order chi connectivity index (χ0) is 15.1. The van der Waals surface area contributed by atoms with Gasteiger partial charge in [0.05, 0.1) is 5.56 Å². The van der Waals surface area contributed by atoms with Crippen LogP contribution in [0.3, 0.4) is 0 Å². The fraction of sp³-hybridized carbons (Fsp3) is 0.417. The number of amides is 1. The number of alkyl halides is 2. The molecule has 1 aromatic rings. The third-order valence-electron chi connectivity index (χ3n) is 2.20. The Balaban J connectivity index is 2.79. The largest absolute Gasteiger partial charge is 0.449 e. The van der Waals surface area contributed by atoms with Crippen molar-refractivity contribution in [2.24, 2.45) is 0 Å². The first-order valence-corrected chi connectivity index (χ1v) is 6.72. The maximum Gasteiger partial charge on any atom is 0.341 e. The van der Waals surface area contributed by atoms with Crippen LogP contribution in [0.15, 0.2) is 23.4 Å². The van der Waals surface area contributed by atoms with Gasteiger partial charge in [-0.2, -0.15) is 8.78 Å². The van der Waals surface area contributed by atoms with E-state index in [0.717, 1.165) is 0 Å². The van der Waals surface area contributed by atoms with E-state index in [4.69, 9.17) is 4.74 Å². The number of carbonyl (C=O) groups is 2. The van der Waals surface area contributed by atoms with Crippen molar-refractivity contribution in [1.29, 1.82) is 0 Å². The molecular weight excluding hydrogens is 290 g/mol. The molecule has 0 aliphatic rings. The Labute approximate surface area is 119 Å². The van der Waals surface area contributed by atoms with E-state index < -0.39 is 23.7 Å². The highest BCUT2D eigenvalue weighted by atomic mass is 32.2. The van der Waals surface area contributed by atoms with E-state index >= 15 is 0 Å². The number of likely N-dealkylation sites (N-methyl/N-ethyl adjacent to an activating group) is 1. The molecule has 0 fully saturated rings. The molecule has 0 saturated carbocycles. The first-order chi connectivity index (χ1) is 9.45. The third kappa shape index (κ3) is 4.76. The Morgan fingerprint density at radius 2 is 2.20 bits per heavy atom. The minimum absolute atomic E-state index is 0.0889. The van der Waals surface area contributed by atoms with Gasteiger partial charge in [-0.15, -0.1) is 0 Å². The van der Waals surface area contributed by atoms with Gasteiger partial charge in [0.25, 0.3) is 11.7 Å². The lowest BCUT2D eigenvalue weighted by Crippen LogP contribution is -2.35. The number of carbonyl (C=O) groups excluding carboxylic acids is 2. The molecule has 0 aliphatic heterocycles. The molecule has 110 valence electrons. The van der Waals surface area contributed by atoms with Crippen LogP contribution in [-0.4, -0.2) is 35.3 Å². The molecule has 8 heteroatoms. The molecule has 0 saturated heterocycles. The predicted octanol–water partition coefficient (Wildman–Crippen LogP) is 2.08. The third-order valence-corrected chi connectivity index (χ3v) is 2.92. The molecular formula is C12H14F2N2O3S. The second-order valence-corrected chi connectivity index (χ2v) is 4.66. The van der Waals surface area contributed by atoms with Gasteiger partial charge in [-0.05, 0) is 37.7 Å². The average molecular weight is 304 g/mol. The van der Waals surface area contributed by atoms with Crippen molar-refractivity contribution in [3.8, 4) is 0 Å². The number of nitrogens with zero attached hydrogens (tertiary/aromatic N) is 1. The number of rotatable bonds is 6. The van der Waals surface area contributed by atoms with Crippen LogP contribution >= 0.6 is 11.8 Å². The molecule has 1 heterocycles. The normalized spacial score (nSPS) is 12.1. The Morgan fingerprint density at radius 1 is 1.50 bits per heavy atom. The van der Waals surface area contributed by atoms with Crippen LogP contribution in [0.1, 0.15) is 24.2 Å². The zero-order valence-corrected chi connectivity index (χ0v) is 11.7. The van der Waals surface area contributed by atoms with Crippen LogP contribution in [0.25, 0.3) is 0 Å². The average Bonchev–Trinajstić information content (AvgIpc) is 2.38. The number of halogens is 2. The minimum Gasteiger partial charge on any atom is -0.449 e. The van der Waals surface area contributed by atoms with Gasteiger partial charge in [0.1, 0.15) is 5.03 Å². The molecule has 0 radical (unpaired) electrons. The summed E-state index contributed by atoms with van der Waals surface area (Å²) < 4.78 is 29.6. The molecule has 0 aliphatic carbocycles. The molecule has 1 N–H and O–H groups in total. The number of aromatic nitrogens is 1. The maximum atomic E-state index is 12.4. The predicted molar refractivity (Wildman–Crippen MR) is 69.7 cm³/mol. The number of pyridine rings is 1. The summed E-state index contributed by atoms with van der Waals surface area (Å²) in [5.74, 6) is -4.01. The van der Waals surface area contributed by atoms with E-state index in [0.29, 0.717) is 6.54 Å². The lowest BCUT2D eigenvalue weighted by molar-refractivity contribution is -0.128. The SMILES string of the molecule is CCNC(=O)[C@H](C)OC(=O)c1cccnc1SC(F)F. The van der Waals surface area contributed by atoms with Crippen molar-refractivity contribution < 1.29 is 23.1 Å². The van der Waals surface area contributed by atoms with Crippen LogP contribution in [-0.2, 0) is 9.53 Å². The van der Waals surface area contributed by atoms with Crippen LogP contribution in [0.5, 0.6) is 0 Å². The van der Waals surface area contributed by atoms with Crippen LogP contribution in [0.4, 0.5) is 8.78 Å². The summed E-state index contributed by atoms with van der Waals surface area (Å²) in [6.45, 7) is 3.53. The number of ether oxygens (including phenoxy) is 1. The first kappa shape index (κ1) is 16.4. The Bertz CT molecular complexity index is 486. The van der Waals surface area contributed by atoms with Crippen molar-refractivity contribution in [3.63, 3.8) is 0 Å². The van der Waals surface area contributed by atoms with Gasteiger partial charge in [0.15, 0.2) is 6.10 Å². The fourth-order valence-electron chi connectivity index (χ4n) is 1.32. The molecule has 1 rings (SSSR count). The van der Waals surface area contributed by atoms with E-state index in [1.54, 1.807) is 6.92 Å². The van der Waals surface area contributed by atoms with Gasteiger partial charge in [-0.1, -0.05) is 0 Å². The molecule has 1 amide bonds. The fourth-order valence-corrected chi connectivity index (χ4v) is 1.89. The van der Waals surface area contributed by atoms with Crippen molar-refractivity contribution in [2.45, 2.75) is 30.7 Å². The molecule has 0 unspecified atom stereocenters. The Kier molecular flexibility index (Phi) is 6.37. The van der Waals surface area contributed by atoms with Gasteiger partial charge in [0.2, 0.25) is 0 Å². The van der Waals surface area contributed by atoms with Gasteiger partial charge in [-0.25, -0.2) is 9.78 Å². The lowest BCUT2D eigenvalue weighted by atomic mass is 10.3. The minimum atomic E-state index is -2.70. The maximum absolute atomic E-state index is 12.4. The second-order valence-electron chi connectivity index (χ2n) is 3.68. The van der Waals surface area contributed by atoms with E-state index in [1.165, 1.54) is 25.3 Å². The number of hydrogen-bond acceptors (Lipinski definition) is 5. The highest BCUT2D eigenvalue weighted by molar-refractivity contribution is 7.99. The highest BCUT2D eigenvalue weighted by Gasteiger charge is 2.22. The summed E-state index contributed by atoms with van der Waals surface area (Å²) >= 11 is 0.153. The second kappa shape index (κ2) is 7.78. The van der Waals surface area contributed by atoms with E-state index in [2.05, 4.69) is 10.3 Å². The monoisotopic (exact) mass is 304 g/mol. The summed E-state index contributed by atoms with van der Waals surface area (Å²) in [5.41, 5.74) is -0.0889. The van der Waals surface area contributed by atoms with Gasteiger partial charge >= 0.3 is 5.97 Å². The Hall–Kier alpha value is -1.70. The van der Waals surface area contributed by atoms with Gasteiger partial charge in [-0.3, -0.25) is 4.79 Å². The molecule has 1 aromatic heterocycles. The quantitative estimate of drug-likeness (QED) is 0.644. The van der Waals surface area contributed by atoms with Gasteiger partial charge < -0.3 is 10.1 Å². The first-order valence-electron chi connectivity index (χ1n) is 5.84. The van der Waals surface area contributed by atoms with Crippen LogP contribution in [0.2, 0.25) is 0 Å². The summed E-state index contributed by atoms with van der Waals surface area (Å²) in [4.78, 5) is 27.0. The van der Waals surface area contributed by atoms with Crippen LogP contribution in [0, 0.1) is 0 Å². The Morgan fingerprint density at radius 3 is 2.80 bits per heavy atom. The van der Waals surface area contributed by atoms with Crippen LogP contribution < -0.4 is 5.32 Å². The number of thioether (sulfide) groups is 1. The number of hydrogen-bond donors (Lipinski definition) is 1. The van der Waals surface area contributed by atoms with Crippen molar-refractivity contribution in [1.82, 2.24) is 10.3 Å². The van der Waals surface area contributed by atoms with Gasteiger partial charge in [0, 0.05) is 12.7 Å². The van der Waals surface area contributed by atoms with E-state index in [-0.39, 0.29) is 22.4 Å². The molecule has 1 atom stereocenters. The molecule has 5 nitrogen and oxygen atoms in total.